The van der Waals surface area contributed by atoms with Gasteiger partial charge in [-0.15, -0.1) is 0 Å². The summed E-state index contributed by atoms with van der Waals surface area (Å²) in [4.78, 5) is 28.4. The van der Waals surface area contributed by atoms with Crippen LogP contribution in [0.3, 0.4) is 0 Å². The Kier molecular flexibility index (Phi) is 8.63. The third-order valence-electron chi connectivity index (χ3n) is 6.27. The number of halogens is 1. The van der Waals surface area contributed by atoms with Gasteiger partial charge >= 0.3 is 0 Å². The lowest BCUT2D eigenvalue weighted by molar-refractivity contribution is -0.141. The van der Waals surface area contributed by atoms with Crippen molar-refractivity contribution in [3.05, 3.63) is 101 Å². The quantitative estimate of drug-likeness (QED) is 0.381. The number of rotatable bonds is 11. The average molecular weight is 540 g/mol. The Balaban J connectivity index is 1.53. The zero-order valence-electron chi connectivity index (χ0n) is 20.6. The smallest absolute Gasteiger partial charge is 0.247 e. The minimum atomic E-state index is -3.53. The molecule has 1 unspecified atom stereocenters. The summed E-state index contributed by atoms with van der Waals surface area (Å²) < 4.78 is 27.5. The van der Waals surface area contributed by atoms with E-state index >= 15 is 0 Å². The molecular weight excluding hydrogens is 510 g/mol. The predicted octanol–water partition coefficient (Wildman–Crippen LogP) is 4.23. The average Bonchev–Trinajstić information content (AvgIpc) is 3.72. The van der Waals surface area contributed by atoms with E-state index in [4.69, 9.17) is 11.6 Å². The number of carbonyl (C=O) groups is 2. The summed E-state index contributed by atoms with van der Waals surface area (Å²) in [7, 11) is -1.98. The van der Waals surface area contributed by atoms with Crippen LogP contribution < -0.4 is 10.0 Å². The number of sulfonamides is 1. The zero-order valence-corrected chi connectivity index (χ0v) is 22.1. The van der Waals surface area contributed by atoms with Gasteiger partial charge in [0.15, 0.2) is 0 Å². The van der Waals surface area contributed by atoms with Gasteiger partial charge in [-0.3, -0.25) is 9.59 Å². The number of nitrogens with zero attached hydrogens (tertiary/aromatic N) is 1. The monoisotopic (exact) mass is 539 g/mol. The topological polar surface area (TPSA) is 95.6 Å². The van der Waals surface area contributed by atoms with Gasteiger partial charge in [-0.2, -0.15) is 0 Å². The number of aryl methyl sites for hydroxylation is 1. The first-order valence-corrected chi connectivity index (χ1v) is 14.0. The molecule has 0 bridgehead atoms. The molecule has 0 aliphatic heterocycles. The van der Waals surface area contributed by atoms with Gasteiger partial charge in [0.2, 0.25) is 21.8 Å². The molecule has 1 fully saturated rings. The Hall–Kier alpha value is -3.20. The van der Waals surface area contributed by atoms with E-state index in [1.54, 1.807) is 48.3 Å². The van der Waals surface area contributed by atoms with Gasteiger partial charge < -0.3 is 10.2 Å². The van der Waals surface area contributed by atoms with E-state index in [1.165, 1.54) is 0 Å². The van der Waals surface area contributed by atoms with Crippen LogP contribution in [0.25, 0.3) is 0 Å². The molecule has 1 aliphatic rings. The Morgan fingerprint density at radius 3 is 2.16 bits per heavy atom. The van der Waals surface area contributed by atoms with Gasteiger partial charge in [-0.05, 0) is 60.2 Å². The molecule has 3 aromatic rings. The first-order chi connectivity index (χ1) is 17.8. The van der Waals surface area contributed by atoms with Crippen LogP contribution in [0, 0.1) is 0 Å². The van der Waals surface area contributed by atoms with Gasteiger partial charge in [-0.1, -0.05) is 66.2 Å². The number of likely N-dealkylation sites (N-methyl/N-ethyl adjacent to an activating group) is 1. The van der Waals surface area contributed by atoms with Gasteiger partial charge in [-0.25, -0.2) is 13.1 Å². The van der Waals surface area contributed by atoms with Crippen LogP contribution in [0.5, 0.6) is 0 Å². The fraction of sp³-hybridized carbons (Fsp3) is 0.286. The van der Waals surface area contributed by atoms with E-state index in [0.717, 1.165) is 24.0 Å². The third kappa shape index (κ3) is 7.19. The first-order valence-electron chi connectivity index (χ1n) is 12.2. The number of carbonyl (C=O) groups excluding carboxylic acids is 2. The summed E-state index contributed by atoms with van der Waals surface area (Å²) in [5.41, 5.74) is 2.39. The highest BCUT2D eigenvalue weighted by Crippen LogP contribution is 2.26. The molecule has 194 valence electrons. The fourth-order valence-corrected chi connectivity index (χ4v) is 5.50. The highest BCUT2D eigenvalue weighted by atomic mass is 35.5. The van der Waals surface area contributed by atoms with Crippen molar-refractivity contribution >= 4 is 33.4 Å². The van der Waals surface area contributed by atoms with Gasteiger partial charge in [0, 0.05) is 31.1 Å². The second kappa shape index (κ2) is 11.9. The Bertz CT molecular complexity index is 1330. The Morgan fingerprint density at radius 1 is 0.946 bits per heavy atom. The van der Waals surface area contributed by atoms with Gasteiger partial charge in [0.25, 0.3) is 0 Å². The maximum absolute atomic E-state index is 13.6. The SMILES string of the molecule is CNC(=O)C(c1ccccc1)N(Cc1ccc(Cl)cc1)C(=O)CCc1ccc(S(=O)(=O)NC2CC2)cc1. The molecule has 0 aromatic heterocycles. The summed E-state index contributed by atoms with van der Waals surface area (Å²) in [5.74, 6) is -0.481. The highest BCUT2D eigenvalue weighted by Gasteiger charge is 2.31. The second-order valence-electron chi connectivity index (χ2n) is 9.12. The minimum absolute atomic E-state index is 0.0341. The summed E-state index contributed by atoms with van der Waals surface area (Å²) in [5, 5.41) is 3.28. The standard InChI is InChI=1S/C28H30ClN3O4S/c1-30-28(34)27(22-5-3-2-4-6-22)32(19-21-7-12-23(29)13-8-21)26(33)18-11-20-9-16-25(17-10-20)37(35,36)31-24-14-15-24/h2-10,12-13,16-17,24,27,31H,11,14-15,18-19H2,1H3,(H,30,34). The van der Waals surface area contributed by atoms with E-state index < -0.39 is 16.1 Å². The van der Waals surface area contributed by atoms with Crippen molar-refractivity contribution in [2.45, 2.75) is 49.2 Å². The molecule has 0 saturated heterocycles. The number of hydrogen-bond donors (Lipinski definition) is 2. The van der Waals surface area contributed by atoms with Crippen molar-refractivity contribution in [3.63, 3.8) is 0 Å². The van der Waals surface area contributed by atoms with Crippen molar-refractivity contribution in [1.82, 2.24) is 14.9 Å². The molecule has 2 N–H and O–H groups in total. The van der Waals surface area contributed by atoms with E-state index in [0.29, 0.717) is 17.0 Å². The van der Waals surface area contributed by atoms with Crippen molar-refractivity contribution < 1.29 is 18.0 Å². The van der Waals surface area contributed by atoms with E-state index in [-0.39, 0.29) is 35.7 Å². The number of nitrogens with one attached hydrogen (secondary N) is 2. The second-order valence-corrected chi connectivity index (χ2v) is 11.3. The molecule has 1 saturated carbocycles. The zero-order chi connectivity index (χ0) is 26.4. The van der Waals surface area contributed by atoms with Crippen LogP contribution in [0.15, 0.2) is 83.8 Å². The molecule has 4 rings (SSSR count). The van der Waals surface area contributed by atoms with Crippen LogP contribution in [0.2, 0.25) is 5.02 Å². The summed E-state index contributed by atoms with van der Waals surface area (Å²) >= 11 is 6.04. The molecule has 9 heteroatoms. The van der Waals surface area contributed by atoms with Crippen LogP contribution in [-0.4, -0.2) is 38.2 Å². The van der Waals surface area contributed by atoms with E-state index in [2.05, 4.69) is 10.0 Å². The molecule has 0 spiro atoms. The molecule has 7 nitrogen and oxygen atoms in total. The molecule has 0 radical (unpaired) electrons. The molecule has 0 heterocycles. The molecule has 1 aliphatic carbocycles. The maximum atomic E-state index is 13.6. The van der Waals surface area contributed by atoms with Crippen LogP contribution >= 0.6 is 11.6 Å². The van der Waals surface area contributed by atoms with Crippen LogP contribution in [0.4, 0.5) is 0 Å². The molecule has 1 atom stereocenters. The van der Waals surface area contributed by atoms with E-state index in [9.17, 15) is 18.0 Å². The molecular formula is C28H30ClN3O4S. The molecule has 3 aromatic carbocycles. The fourth-order valence-electron chi connectivity index (χ4n) is 4.07. The lowest BCUT2D eigenvalue weighted by Gasteiger charge is -2.31. The van der Waals surface area contributed by atoms with Gasteiger partial charge in [0.1, 0.15) is 6.04 Å². The van der Waals surface area contributed by atoms with Crippen molar-refractivity contribution in [2.24, 2.45) is 0 Å². The summed E-state index contributed by atoms with van der Waals surface area (Å²) in [6, 6.07) is 22.2. The van der Waals surface area contributed by atoms with Crippen molar-refractivity contribution in [2.75, 3.05) is 7.05 Å². The highest BCUT2D eigenvalue weighted by molar-refractivity contribution is 7.89. The largest absolute Gasteiger partial charge is 0.357 e. The minimum Gasteiger partial charge on any atom is -0.357 e. The number of amides is 2. The maximum Gasteiger partial charge on any atom is 0.247 e. The van der Waals surface area contributed by atoms with Crippen LogP contribution in [-0.2, 0) is 32.6 Å². The normalized spacial score (nSPS) is 14.1. The van der Waals surface area contributed by atoms with Crippen LogP contribution in [0.1, 0.15) is 42.0 Å². The third-order valence-corrected chi connectivity index (χ3v) is 8.06. The van der Waals surface area contributed by atoms with Crippen molar-refractivity contribution in [1.29, 1.82) is 0 Å². The number of hydrogen-bond acceptors (Lipinski definition) is 4. The van der Waals surface area contributed by atoms with Gasteiger partial charge in [0.05, 0.1) is 4.90 Å². The molecule has 2 amide bonds. The molecule has 37 heavy (non-hydrogen) atoms. The first kappa shape index (κ1) is 26.9. The lowest BCUT2D eigenvalue weighted by atomic mass is 10.0. The van der Waals surface area contributed by atoms with Crippen molar-refractivity contribution in [3.8, 4) is 0 Å². The summed E-state index contributed by atoms with van der Waals surface area (Å²) in [6.45, 7) is 0.229. The Labute approximate surface area is 222 Å². The lowest BCUT2D eigenvalue weighted by Crippen LogP contribution is -2.42. The summed E-state index contributed by atoms with van der Waals surface area (Å²) in [6.07, 6.45) is 2.29. The number of benzene rings is 3. The predicted molar refractivity (Wildman–Crippen MR) is 143 cm³/mol. The van der Waals surface area contributed by atoms with E-state index in [1.807, 2.05) is 42.5 Å². The Morgan fingerprint density at radius 2 is 1.57 bits per heavy atom.